The lowest BCUT2D eigenvalue weighted by molar-refractivity contribution is 0.0592. The molecule has 2 aromatic rings. The number of pyridine rings is 1. The van der Waals surface area contributed by atoms with Crippen molar-refractivity contribution in [2.45, 2.75) is 38.6 Å². The predicted octanol–water partition coefficient (Wildman–Crippen LogP) is 3.53. The van der Waals surface area contributed by atoms with Crippen LogP contribution in [0, 0.1) is 6.92 Å². The summed E-state index contributed by atoms with van der Waals surface area (Å²) in [5.41, 5.74) is 0.381. The number of ether oxygens (including phenoxy) is 1. The average molecular weight is 342 g/mol. The van der Waals surface area contributed by atoms with E-state index in [9.17, 15) is 9.59 Å². The summed E-state index contributed by atoms with van der Waals surface area (Å²) in [5.74, 6) is 0.893. The zero-order valence-electron chi connectivity index (χ0n) is 14.5. The molecule has 1 amide bonds. The van der Waals surface area contributed by atoms with Gasteiger partial charge in [0.25, 0.3) is 5.91 Å². The number of hydrogen-bond acceptors (Lipinski definition) is 5. The summed E-state index contributed by atoms with van der Waals surface area (Å²) in [6.07, 6.45) is 3.92. The molecule has 0 spiro atoms. The molecular formula is C19H22N2O4. The van der Waals surface area contributed by atoms with Crippen LogP contribution >= 0.6 is 0 Å². The minimum absolute atomic E-state index is 0.104. The van der Waals surface area contributed by atoms with Gasteiger partial charge in [0.1, 0.15) is 22.9 Å². The lowest BCUT2D eigenvalue weighted by Gasteiger charge is -2.28. The Morgan fingerprint density at radius 1 is 1.16 bits per heavy atom. The van der Waals surface area contributed by atoms with Crippen LogP contribution in [0.1, 0.15) is 64.2 Å². The molecule has 0 aliphatic carbocycles. The van der Waals surface area contributed by atoms with Gasteiger partial charge < -0.3 is 14.1 Å². The fourth-order valence-corrected chi connectivity index (χ4v) is 3.20. The number of aromatic nitrogens is 1. The highest BCUT2D eigenvalue weighted by atomic mass is 16.5. The van der Waals surface area contributed by atoms with Gasteiger partial charge in [-0.3, -0.25) is 4.79 Å². The highest BCUT2D eigenvalue weighted by Gasteiger charge is 2.30. The Bertz CT molecular complexity index is 768. The molecule has 25 heavy (non-hydrogen) atoms. The Kier molecular flexibility index (Phi) is 5.16. The highest BCUT2D eigenvalue weighted by molar-refractivity contribution is 5.94. The molecule has 1 aliphatic heterocycles. The lowest BCUT2D eigenvalue weighted by atomic mass is 10.1. The molecule has 3 heterocycles. The zero-order chi connectivity index (χ0) is 17.8. The van der Waals surface area contributed by atoms with Gasteiger partial charge in [0.15, 0.2) is 0 Å². The van der Waals surface area contributed by atoms with E-state index >= 15 is 0 Å². The molecule has 1 aliphatic rings. The van der Waals surface area contributed by atoms with Crippen LogP contribution in [-0.2, 0) is 4.74 Å². The molecule has 6 heteroatoms. The third-order valence-corrected chi connectivity index (χ3v) is 4.47. The van der Waals surface area contributed by atoms with E-state index in [4.69, 9.17) is 4.42 Å². The number of hydrogen-bond donors (Lipinski definition) is 0. The van der Waals surface area contributed by atoms with Crippen molar-refractivity contribution in [2.75, 3.05) is 13.7 Å². The van der Waals surface area contributed by atoms with Crippen molar-refractivity contribution in [2.24, 2.45) is 0 Å². The Morgan fingerprint density at radius 2 is 1.96 bits per heavy atom. The smallest absolute Gasteiger partial charge is 0.356 e. The molecule has 3 rings (SSSR count). The van der Waals surface area contributed by atoms with Crippen molar-refractivity contribution in [3.63, 3.8) is 0 Å². The van der Waals surface area contributed by atoms with E-state index in [2.05, 4.69) is 9.72 Å². The Hall–Kier alpha value is -2.63. The molecule has 0 aromatic carbocycles. The SMILES string of the molecule is COC(=O)c1cccc(C(=O)N2CCCCC[C@@H]2c2ccc(C)o2)n1. The number of rotatable bonds is 3. The van der Waals surface area contributed by atoms with E-state index in [1.54, 1.807) is 18.2 Å². The first-order valence-corrected chi connectivity index (χ1v) is 8.53. The quantitative estimate of drug-likeness (QED) is 0.798. The largest absolute Gasteiger partial charge is 0.464 e. The van der Waals surface area contributed by atoms with Crippen LogP contribution < -0.4 is 0 Å². The van der Waals surface area contributed by atoms with Crippen LogP contribution in [-0.4, -0.2) is 35.4 Å². The summed E-state index contributed by atoms with van der Waals surface area (Å²) in [6.45, 7) is 2.54. The maximum absolute atomic E-state index is 13.1. The number of esters is 1. The van der Waals surface area contributed by atoms with Gasteiger partial charge in [-0.15, -0.1) is 0 Å². The van der Waals surface area contributed by atoms with E-state index in [1.165, 1.54) is 7.11 Å². The summed E-state index contributed by atoms with van der Waals surface area (Å²) in [5, 5.41) is 0. The average Bonchev–Trinajstić information content (AvgIpc) is 2.92. The van der Waals surface area contributed by atoms with Gasteiger partial charge in [-0.1, -0.05) is 18.9 Å². The maximum atomic E-state index is 13.1. The fraction of sp³-hybridized carbons (Fsp3) is 0.421. The molecule has 6 nitrogen and oxygen atoms in total. The number of nitrogens with zero attached hydrogens (tertiary/aromatic N) is 2. The maximum Gasteiger partial charge on any atom is 0.356 e. The number of carbonyl (C=O) groups excluding carboxylic acids is 2. The summed E-state index contributed by atoms with van der Waals surface area (Å²) in [4.78, 5) is 30.8. The lowest BCUT2D eigenvalue weighted by Crippen LogP contribution is -2.35. The van der Waals surface area contributed by atoms with E-state index < -0.39 is 5.97 Å². The number of amides is 1. The minimum Gasteiger partial charge on any atom is -0.464 e. The second-order valence-corrected chi connectivity index (χ2v) is 6.21. The van der Waals surface area contributed by atoms with Crippen LogP contribution in [0.4, 0.5) is 0 Å². The third kappa shape index (κ3) is 3.73. The van der Waals surface area contributed by atoms with Gasteiger partial charge >= 0.3 is 5.97 Å². The van der Waals surface area contributed by atoms with Crippen LogP contribution in [0.2, 0.25) is 0 Å². The Morgan fingerprint density at radius 3 is 2.68 bits per heavy atom. The first kappa shape index (κ1) is 17.2. The zero-order valence-corrected chi connectivity index (χ0v) is 14.5. The molecular weight excluding hydrogens is 320 g/mol. The van der Waals surface area contributed by atoms with E-state index in [0.717, 1.165) is 37.2 Å². The van der Waals surface area contributed by atoms with Crippen molar-refractivity contribution >= 4 is 11.9 Å². The topological polar surface area (TPSA) is 72.6 Å². The second-order valence-electron chi connectivity index (χ2n) is 6.21. The van der Waals surface area contributed by atoms with Crippen molar-refractivity contribution in [3.05, 3.63) is 53.2 Å². The molecule has 132 valence electrons. The Labute approximate surface area is 146 Å². The Balaban J connectivity index is 1.91. The van der Waals surface area contributed by atoms with Gasteiger partial charge in [0.05, 0.1) is 13.2 Å². The summed E-state index contributed by atoms with van der Waals surface area (Å²) < 4.78 is 10.5. The van der Waals surface area contributed by atoms with Gasteiger partial charge in [-0.2, -0.15) is 0 Å². The van der Waals surface area contributed by atoms with E-state index in [1.807, 2.05) is 24.0 Å². The predicted molar refractivity (Wildman–Crippen MR) is 91.3 cm³/mol. The molecule has 2 aromatic heterocycles. The van der Waals surface area contributed by atoms with Crippen LogP contribution in [0.25, 0.3) is 0 Å². The van der Waals surface area contributed by atoms with Crippen LogP contribution in [0.5, 0.6) is 0 Å². The molecule has 0 N–H and O–H groups in total. The molecule has 1 fully saturated rings. The highest BCUT2D eigenvalue weighted by Crippen LogP contribution is 2.32. The number of methoxy groups -OCH3 is 1. The molecule has 1 atom stereocenters. The van der Waals surface area contributed by atoms with Crippen molar-refractivity contribution in [1.82, 2.24) is 9.88 Å². The van der Waals surface area contributed by atoms with Gasteiger partial charge in [0, 0.05) is 6.54 Å². The second kappa shape index (κ2) is 7.51. The molecule has 0 saturated carbocycles. The first-order chi connectivity index (χ1) is 12.1. The van der Waals surface area contributed by atoms with Crippen molar-refractivity contribution in [3.8, 4) is 0 Å². The fourth-order valence-electron chi connectivity index (χ4n) is 3.20. The summed E-state index contributed by atoms with van der Waals surface area (Å²) in [6, 6.07) is 8.56. The number of likely N-dealkylation sites (tertiary alicyclic amines) is 1. The molecule has 1 saturated heterocycles. The van der Waals surface area contributed by atoms with Crippen LogP contribution in [0.3, 0.4) is 0 Å². The van der Waals surface area contributed by atoms with Crippen molar-refractivity contribution in [1.29, 1.82) is 0 Å². The monoisotopic (exact) mass is 342 g/mol. The third-order valence-electron chi connectivity index (χ3n) is 4.47. The normalized spacial score (nSPS) is 17.8. The molecule has 0 unspecified atom stereocenters. The summed E-state index contributed by atoms with van der Waals surface area (Å²) in [7, 11) is 1.29. The number of aryl methyl sites for hydroxylation is 1. The molecule has 0 radical (unpaired) electrons. The summed E-state index contributed by atoms with van der Waals surface area (Å²) >= 11 is 0. The van der Waals surface area contributed by atoms with Gasteiger partial charge in [0.2, 0.25) is 0 Å². The number of carbonyl (C=O) groups is 2. The number of furan rings is 1. The standard InChI is InChI=1S/C19H22N2O4/c1-13-10-11-17(25-13)16-9-4-3-5-12-21(16)18(22)14-7-6-8-15(20-14)19(23)24-2/h6-8,10-11,16H,3-5,9,12H2,1-2H3/t16-/m1/s1. The van der Waals surface area contributed by atoms with Gasteiger partial charge in [-0.25, -0.2) is 9.78 Å². The van der Waals surface area contributed by atoms with Crippen molar-refractivity contribution < 1.29 is 18.7 Å². The van der Waals surface area contributed by atoms with Gasteiger partial charge in [-0.05, 0) is 44.0 Å². The van der Waals surface area contributed by atoms with E-state index in [0.29, 0.717) is 6.54 Å². The molecule has 0 bridgehead atoms. The van der Waals surface area contributed by atoms with Crippen LogP contribution in [0.15, 0.2) is 34.7 Å². The van der Waals surface area contributed by atoms with E-state index in [-0.39, 0.29) is 23.3 Å². The first-order valence-electron chi connectivity index (χ1n) is 8.53. The minimum atomic E-state index is -0.552.